The summed E-state index contributed by atoms with van der Waals surface area (Å²) in [6, 6.07) is 9.35. The second-order valence-corrected chi connectivity index (χ2v) is 21.3. The van der Waals surface area contributed by atoms with Gasteiger partial charge in [-0.2, -0.15) is 0 Å². The van der Waals surface area contributed by atoms with E-state index in [0.717, 1.165) is 32.1 Å². The van der Waals surface area contributed by atoms with Crippen molar-refractivity contribution in [2.75, 3.05) is 6.61 Å². The van der Waals surface area contributed by atoms with Crippen LogP contribution in [0.4, 0.5) is 0 Å². The lowest BCUT2D eigenvalue weighted by Gasteiger charge is -2.52. The largest absolute Gasteiger partial charge is 0.484 e. The van der Waals surface area contributed by atoms with Crippen molar-refractivity contribution in [3.63, 3.8) is 0 Å². The second-order valence-electron chi connectivity index (χ2n) is 21.3. The SMILES string of the molecule is CCC1O[C@H](O[C@@H]2C(C)[C@@H](O[C@@H]3C(C)[C@@H](O[C@@H]4C(C)[C@@H](OC5[C@@H](C)[C@H](C)C(CC)O[C@@H]5NC(=O)COc5ccccc5)OC(CC)[C@H]4C)OC(CC)[C@H]3C)OC(CC)[C@H]2C)C(C)[C@@H](C)[C@@H]1C. The highest BCUT2D eigenvalue weighted by Crippen LogP contribution is 2.45. The molecule has 5 saturated heterocycles. The van der Waals surface area contributed by atoms with Crippen LogP contribution >= 0.6 is 0 Å². The van der Waals surface area contributed by atoms with Crippen LogP contribution in [0.1, 0.15) is 143 Å². The van der Waals surface area contributed by atoms with E-state index in [4.69, 9.17) is 47.4 Å². The van der Waals surface area contributed by atoms with Gasteiger partial charge in [0.2, 0.25) is 0 Å². The molecule has 6 rings (SSSR count). The van der Waals surface area contributed by atoms with E-state index in [2.05, 4.69) is 116 Å². The van der Waals surface area contributed by atoms with E-state index >= 15 is 0 Å². The summed E-state index contributed by atoms with van der Waals surface area (Å²) >= 11 is 0. The molecule has 0 bridgehead atoms. The molecule has 5 fully saturated rings. The lowest BCUT2D eigenvalue weighted by Crippen LogP contribution is -2.61. The lowest BCUT2D eigenvalue weighted by atomic mass is 9.78. The number of rotatable bonds is 17. The molecule has 1 aromatic rings. The summed E-state index contributed by atoms with van der Waals surface area (Å²) in [6.45, 7) is 35.3. The van der Waals surface area contributed by atoms with Gasteiger partial charge >= 0.3 is 0 Å². The molecule has 0 saturated carbocycles. The maximum Gasteiger partial charge on any atom is 0.259 e. The van der Waals surface area contributed by atoms with Gasteiger partial charge in [-0.1, -0.05) is 129 Å². The molecular weight excluding hydrogens is 839 g/mol. The third kappa shape index (κ3) is 11.7. The third-order valence-electron chi connectivity index (χ3n) is 17.2. The first kappa shape index (κ1) is 53.5. The summed E-state index contributed by atoms with van der Waals surface area (Å²) in [5.74, 6) is 1.90. The molecule has 12 nitrogen and oxygen atoms in total. The minimum Gasteiger partial charge on any atom is -0.484 e. The van der Waals surface area contributed by atoms with Crippen molar-refractivity contribution in [3.05, 3.63) is 30.3 Å². The molecule has 66 heavy (non-hydrogen) atoms. The summed E-state index contributed by atoms with van der Waals surface area (Å²) in [5, 5.41) is 3.12. The predicted molar refractivity (Wildman–Crippen MR) is 255 cm³/mol. The van der Waals surface area contributed by atoms with Crippen molar-refractivity contribution in [2.45, 2.75) is 229 Å². The Morgan fingerprint density at radius 3 is 1.18 bits per heavy atom. The zero-order chi connectivity index (χ0) is 48.1. The maximum absolute atomic E-state index is 13.4. The average molecular weight is 930 g/mol. The van der Waals surface area contributed by atoms with Gasteiger partial charge in [0.15, 0.2) is 38.0 Å². The molecule has 5 aliphatic heterocycles. The van der Waals surface area contributed by atoms with Crippen LogP contribution in [0.2, 0.25) is 0 Å². The molecule has 5 heterocycles. The Balaban J connectivity index is 1.18. The van der Waals surface area contributed by atoms with Crippen LogP contribution < -0.4 is 10.1 Å². The zero-order valence-corrected chi connectivity index (χ0v) is 43.6. The molecule has 12 heteroatoms. The smallest absolute Gasteiger partial charge is 0.259 e. The van der Waals surface area contributed by atoms with Crippen LogP contribution in [0.3, 0.4) is 0 Å². The monoisotopic (exact) mass is 930 g/mol. The quantitative estimate of drug-likeness (QED) is 0.161. The minimum atomic E-state index is -0.683. The van der Waals surface area contributed by atoms with E-state index in [9.17, 15) is 4.79 Å². The van der Waals surface area contributed by atoms with Crippen LogP contribution in [-0.2, 0) is 47.4 Å². The number of amides is 1. The van der Waals surface area contributed by atoms with Gasteiger partial charge in [-0.25, -0.2) is 0 Å². The van der Waals surface area contributed by atoms with Crippen molar-refractivity contribution in [3.8, 4) is 5.75 Å². The fourth-order valence-corrected chi connectivity index (χ4v) is 12.1. The molecule has 10 unspecified atom stereocenters. The first-order valence-electron chi connectivity index (χ1n) is 26.3. The van der Waals surface area contributed by atoms with Crippen molar-refractivity contribution >= 4 is 5.91 Å². The fourth-order valence-electron chi connectivity index (χ4n) is 12.1. The van der Waals surface area contributed by atoms with Crippen LogP contribution in [0.15, 0.2) is 30.3 Å². The van der Waals surface area contributed by atoms with Gasteiger partial charge in [0, 0.05) is 41.4 Å². The maximum atomic E-state index is 13.4. The molecule has 0 aliphatic carbocycles. The molecule has 1 N–H and O–H groups in total. The topological polar surface area (TPSA) is 121 Å². The molecule has 1 amide bonds. The summed E-state index contributed by atoms with van der Waals surface area (Å²) in [7, 11) is 0. The Hall–Kier alpha value is -1.87. The number of carbonyl (C=O) groups is 1. The number of para-hydroxylation sites is 1. The van der Waals surface area contributed by atoms with Gasteiger partial charge in [-0.3, -0.25) is 4.79 Å². The van der Waals surface area contributed by atoms with E-state index in [-0.39, 0.29) is 121 Å². The Morgan fingerprint density at radius 2 is 0.773 bits per heavy atom. The van der Waals surface area contributed by atoms with E-state index < -0.39 is 31.2 Å². The van der Waals surface area contributed by atoms with Gasteiger partial charge in [0.1, 0.15) is 11.9 Å². The second kappa shape index (κ2) is 23.8. The Morgan fingerprint density at radius 1 is 0.424 bits per heavy atom. The lowest BCUT2D eigenvalue weighted by molar-refractivity contribution is -0.362. The number of carbonyl (C=O) groups excluding carboxylic acids is 1. The molecule has 0 radical (unpaired) electrons. The van der Waals surface area contributed by atoms with Crippen molar-refractivity contribution in [2.24, 2.45) is 65.1 Å². The van der Waals surface area contributed by atoms with Crippen molar-refractivity contribution in [1.29, 1.82) is 0 Å². The first-order chi connectivity index (χ1) is 31.5. The summed E-state index contributed by atoms with van der Waals surface area (Å²) in [4.78, 5) is 13.4. The Bertz CT molecular complexity index is 1620. The minimum absolute atomic E-state index is 0.0107. The highest BCUT2D eigenvalue weighted by atomic mass is 16.7. The molecule has 1 aromatic carbocycles. The molecule has 0 spiro atoms. The number of benzene rings is 1. The number of hydrogen-bond acceptors (Lipinski definition) is 11. The van der Waals surface area contributed by atoms with Gasteiger partial charge in [-0.15, -0.1) is 0 Å². The number of ether oxygens (including phenoxy) is 10. The van der Waals surface area contributed by atoms with Crippen molar-refractivity contribution < 1.29 is 52.2 Å². The molecule has 5 aliphatic rings. The number of nitrogens with one attached hydrogen (secondary N) is 1. The third-order valence-corrected chi connectivity index (χ3v) is 17.2. The Labute approximate surface area is 399 Å². The van der Waals surface area contributed by atoms with E-state index in [1.807, 2.05) is 30.3 Å². The van der Waals surface area contributed by atoms with Crippen molar-refractivity contribution in [1.82, 2.24) is 5.32 Å². The zero-order valence-electron chi connectivity index (χ0n) is 43.6. The van der Waals surface area contributed by atoms with E-state index in [1.165, 1.54) is 0 Å². The standard InChI is InChI=1S/C54H91NO11/c1-17-40-30(8)31(9)49(50(58-40)55-45(56)27-57-39-25-23-22-24-26-39)66-54-38(16)48(35(13)44(21-5)62-54)65-53-37(15)47(34(12)43(20-4)61-53)64-52-36(14)46(33(11)42(19-3)60-52)63-51-32(10)28(6)29(7)41(18-2)59-51/h22-26,28-38,40-44,46-54H,17-21,27H2,1-16H3,(H,55,56)/t28-,29-,30-,31-,32?,33+,34+,35+,36?,37?,38?,40?,41?,42?,43?,44?,46-,47-,48-,49?,50-,51+,52+,53+,54+/m0/s1. The summed E-state index contributed by atoms with van der Waals surface area (Å²) in [6.07, 6.45) is 0.660. The van der Waals surface area contributed by atoms with E-state index in [0.29, 0.717) is 17.6 Å². The summed E-state index contributed by atoms with van der Waals surface area (Å²) in [5.41, 5.74) is 0. The van der Waals surface area contributed by atoms with E-state index in [1.54, 1.807) is 0 Å². The van der Waals surface area contributed by atoms with Crippen LogP contribution in [-0.4, -0.2) is 98.8 Å². The highest BCUT2D eigenvalue weighted by Gasteiger charge is 2.53. The first-order valence-corrected chi connectivity index (χ1v) is 26.3. The van der Waals surface area contributed by atoms with Crippen LogP contribution in [0, 0.1) is 65.1 Å². The molecular formula is C54H91NO11. The van der Waals surface area contributed by atoms with Crippen LogP contribution in [0.25, 0.3) is 0 Å². The molecule has 0 aromatic heterocycles. The van der Waals surface area contributed by atoms with Crippen LogP contribution in [0.5, 0.6) is 5.75 Å². The average Bonchev–Trinajstić information content (AvgIpc) is 3.31. The predicted octanol–water partition coefficient (Wildman–Crippen LogP) is 10.4. The number of hydrogen-bond donors (Lipinski definition) is 1. The van der Waals surface area contributed by atoms with Gasteiger partial charge < -0.3 is 52.7 Å². The molecule has 378 valence electrons. The fraction of sp³-hybridized carbons (Fsp3) is 0.870. The van der Waals surface area contributed by atoms with Gasteiger partial charge in [-0.05, 0) is 67.9 Å². The van der Waals surface area contributed by atoms with Gasteiger partial charge in [0.25, 0.3) is 5.91 Å². The molecule has 25 atom stereocenters. The Kier molecular flexibility index (Phi) is 19.3. The van der Waals surface area contributed by atoms with Gasteiger partial charge in [0.05, 0.1) is 48.8 Å². The normalized spacial score (nSPS) is 46.7. The summed E-state index contributed by atoms with van der Waals surface area (Å²) < 4.78 is 68.4. The highest BCUT2D eigenvalue weighted by molar-refractivity contribution is 5.77.